The fourth-order valence-electron chi connectivity index (χ4n) is 2.93. The average molecular weight is 243 g/mol. The highest BCUT2D eigenvalue weighted by molar-refractivity contribution is 7.99. The van der Waals surface area contributed by atoms with Crippen LogP contribution in [0.5, 0.6) is 0 Å². The highest BCUT2D eigenvalue weighted by Crippen LogP contribution is 2.29. The maximum atomic E-state index is 11.0. The fourth-order valence-corrected chi connectivity index (χ4v) is 4.10. The molecule has 0 bridgehead atoms. The van der Waals surface area contributed by atoms with E-state index in [1.54, 1.807) is 0 Å². The van der Waals surface area contributed by atoms with E-state index >= 15 is 0 Å². The van der Waals surface area contributed by atoms with E-state index in [9.17, 15) is 4.79 Å². The van der Waals surface area contributed by atoms with Crippen LogP contribution >= 0.6 is 11.8 Å². The van der Waals surface area contributed by atoms with Gasteiger partial charge in [0.1, 0.15) is 0 Å². The first-order chi connectivity index (χ1) is 7.77. The summed E-state index contributed by atoms with van der Waals surface area (Å²) < 4.78 is 0. The van der Waals surface area contributed by atoms with Crippen molar-refractivity contribution in [3.63, 3.8) is 0 Å². The molecule has 3 nitrogen and oxygen atoms in total. The molecular weight excluding hydrogens is 222 g/mol. The first kappa shape index (κ1) is 12.2. The van der Waals surface area contributed by atoms with Crippen LogP contribution in [-0.2, 0) is 4.79 Å². The predicted octanol–water partition coefficient (Wildman–Crippen LogP) is 2.21. The van der Waals surface area contributed by atoms with Gasteiger partial charge in [-0.3, -0.25) is 9.69 Å². The molecule has 2 fully saturated rings. The zero-order valence-corrected chi connectivity index (χ0v) is 10.5. The maximum absolute atomic E-state index is 11.0. The number of hydrogen-bond donors (Lipinski definition) is 1. The number of hydrogen-bond acceptors (Lipinski definition) is 3. The van der Waals surface area contributed by atoms with Crippen molar-refractivity contribution in [1.29, 1.82) is 0 Å². The molecule has 1 aliphatic heterocycles. The Bertz CT molecular complexity index is 235. The highest BCUT2D eigenvalue weighted by atomic mass is 32.2. The molecule has 1 unspecified atom stereocenters. The van der Waals surface area contributed by atoms with Gasteiger partial charge in [-0.1, -0.05) is 12.8 Å². The monoisotopic (exact) mass is 243 g/mol. The minimum Gasteiger partial charge on any atom is -0.480 e. The average Bonchev–Trinajstić information content (AvgIpc) is 2.80. The number of thioether (sulfide) groups is 1. The van der Waals surface area contributed by atoms with Gasteiger partial charge in [-0.2, -0.15) is 11.8 Å². The maximum Gasteiger partial charge on any atom is 0.317 e. The molecule has 0 aromatic carbocycles. The van der Waals surface area contributed by atoms with Crippen LogP contribution in [0.3, 0.4) is 0 Å². The van der Waals surface area contributed by atoms with E-state index < -0.39 is 5.97 Å². The van der Waals surface area contributed by atoms with Gasteiger partial charge in [0, 0.05) is 17.8 Å². The van der Waals surface area contributed by atoms with Gasteiger partial charge in [0.2, 0.25) is 0 Å². The van der Waals surface area contributed by atoms with Gasteiger partial charge in [-0.05, 0) is 31.4 Å². The van der Waals surface area contributed by atoms with Gasteiger partial charge in [0.15, 0.2) is 0 Å². The minimum absolute atomic E-state index is 0.246. The fraction of sp³-hybridized carbons (Fsp3) is 0.917. The Morgan fingerprint density at radius 1 is 1.19 bits per heavy atom. The van der Waals surface area contributed by atoms with Gasteiger partial charge in [0.05, 0.1) is 6.54 Å². The molecule has 1 heterocycles. The van der Waals surface area contributed by atoms with E-state index in [1.165, 1.54) is 44.3 Å². The van der Waals surface area contributed by atoms with Gasteiger partial charge < -0.3 is 5.11 Å². The molecule has 1 aliphatic carbocycles. The number of rotatable bonds is 4. The summed E-state index contributed by atoms with van der Waals surface area (Å²) in [5.74, 6) is 1.72. The third-order valence-corrected chi connectivity index (χ3v) is 4.91. The predicted molar refractivity (Wildman–Crippen MR) is 66.9 cm³/mol. The van der Waals surface area contributed by atoms with E-state index in [1.807, 2.05) is 11.8 Å². The zero-order chi connectivity index (χ0) is 11.4. The number of carboxylic acid groups (broad SMARTS) is 1. The Morgan fingerprint density at radius 3 is 2.44 bits per heavy atom. The van der Waals surface area contributed by atoms with Crippen LogP contribution in [0.1, 0.15) is 38.5 Å². The summed E-state index contributed by atoms with van der Waals surface area (Å²) >= 11 is 1.98. The Labute approximate surface area is 102 Å². The SMILES string of the molecule is O=C(O)CN(C1CCCC1)C1CCCSC1. The number of nitrogens with zero attached hydrogens (tertiary/aromatic N) is 1. The second kappa shape index (κ2) is 5.92. The van der Waals surface area contributed by atoms with E-state index in [0.717, 1.165) is 5.75 Å². The van der Waals surface area contributed by atoms with Crippen LogP contribution in [0.2, 0.25) is 0 Å². The van der Waals surface area contributed by atoms with E-state index in [-0.39, 0.29) is 6.54 Å². The van der Waals surface area contributed by atoms with Gasteiger partial charge in [-0.25, -0.2) is 0 Å². The van der Waals surface area contributed by atoms with Crippen molar-refractivity contribution in [2.24, 2.45) is 0 Å². The van der Waals surface area contributed by atoms with Gasteiger partial charge in [0.25, 0.3) is 0 Å². The molecule has 1 atom stereocenters. The van der Waals surface area contributed by atoms with E-state index in [2.05, 4.69) is 4.90 Å². The second-order valence-corrected chi connectivity index (χ2v) is 6.03. The van der Waals surface area contributed by atoms with Crippen molar-refractivity contribution >= 4 is 17.7 Å². The lowest BCUT2D eigenvalue weighted by atomic mass is 10.1. The Morgan fingerprint density at radius 2 is 1.88 bits per heavy atom. The quantitative estimate of drug-likeness (QED) is 0.822. The molecule has 0 radical (unpaired) electrons. The molecule has 0 spiro atoms. The molecule has 0 aromatic rings. The summed E-state index contributed by atoms with van der Waals surface area (Å²) in [4.78, 5) is 13.2. The smallest absolute Gasteiger partial charge is 0.317 e. The number of carbonyl (C=O) groups is 1. The van der Waals surface area contributed by atoms with Crippen molar-refractivity contribution in [2.45, 2.75) is 50.6 Å². The lowest BCUT2D eigenvalue weighted by Crippen LogP contribution is -2.47. The summed E-state index contributed by atoms with van der Waals surface area (Å²) in [6.45, 7) is 0.246. The molecule has 1 N–H and O–H groups in total. The number of aliphatic carboxylic acids is 1. The number of carboxylic acids is 1. The molecule has 1 saturated carbocycles. The van der Waals surface area contributed by atoms with Crippen LogP contribution in [0.15, 0.2) is 0 Å². The molecule has 92 valence electrons. The van der Waals surface area contributed by atoms with Crippen molar-refractivity contribution in [3.05, 3.63) is 0 Å². The molecular formula is C12H21NO2S. The standard InChI is InChI=1S/C12H21NO2S/c14-12(15)8-13(10-4-1-2-5-10)11-6-3-7-16-9-11/h10-11H,1-9H2,(H,14,15). The van der Waals surface area contributed by atoms with Crippen LogP contribution < -0.4 is 0 Å². The molecule has 4 heteroatoms. The van der Waals surface area contributed by atoms with Crippen LogP contribution in [-0.4, -0.2) is 46.1 Å². The summed E-state index contributed by atoms with van der Waals surface area (Å²) in [6.07, 6.45) is 7.40. The summed E-state index contributed by atoms with van der Waals surface area (Å²) in [5, 5.41) is 9.03. The van der Waals surface area contributed by atoms with E-state index in [0.29, 0.717) is 12.1 Å². The normalized spacial score (nSPS) is 27.4. The van der Waals surface area contributed by atoms with Gasteiger partial charge >= 0.3 is 5.97 Å². The first-order valence-corrected chi connectivity index (χ1v) is 7.48. The molecule has 0 amide bonds. The largest absolute Gasteiger partial charge is 0.480 e. The molecule has 2 aliphatic rings. The van der Waals surface area contributed by atoms with Crippen LogP contribution in [0.25, 0.3) is 0 Å². The van der Waals surface area contributed by atoms with Crippen LogP contribution in [0.4, 0.5) is 0 Å². The highest BCUT2D eigenvalue weighted by Gasteiger charge is 2.30. The Hall–Kier alpha value is -0.220. The minimum atomic E-state index is -0.664. The summed E-state index contributed by atoms with van der Waals surface area (Å²) in [7, 11) is 0. The van der Waals surface area contributed by atoms with Crippen LogP contribution in [0, 0.1) is 0 Å². The zero-order valence-electron chi connectivity index (χ0n) is 9.73. The summed E-state index contributed by atoms with van der Waals surface area (Å²) in [5.41, 5.74) is 0. The van der Waals surface area contributed by atoms with Crippen molar-refractivity contribution in [3.8, 4) is 0 Å². The Kier molecular flexibility index (Phi) is 4.53. The molecule has 0 aromatic heterocycles. The topological polar surface area (TPSA) is 40.5 Å². The Balaban J connectivity index is 1.96. The lowest BCUT2D eigenvalue weighted by molar-refractivity contribution is -0.139. The molecule has 1 saturated heterocycles. The summed E-state index contributed by atoms with van der Waals surface area (Å²) in [6, 6.07) is 1.05. The first-order valence-electron chi connectivity index (χ1n) is 6.32. The second-order valence-electron chi connectivity index (χ2n) is 4.88. The van der Waals surface area contributed by atoms with E-state index in [4.69, 9.17) is 5.11 Å². The van der Waals surface area contributed by atoms with Crippen molar-refractivity contribution < 1.29 is 9.90 Å². The van der Waals surface area contributed by atoms with Gasteiger partial charge in [-0.15, -0.1) is 0 Å². The lowest BCUT2D eigenvalue weighted by Gasteiger charge is -2.37. The third-order valence-electron chi connectivity index (χ3n) is 3.72. The molecule has 16 heavy (non-hydrogen) atoms. The van der Waals surface area contributed by atoms with Crippen molar-refractivity contribution in [2.75, 3.05) is 18.1 Å². The van der Waals surface area contributed by atoms with Crippen molar-refractivity contribution in [1.82, 2.24) is 4.90 Å². The third kappa shape index (κ3) is 3.14. The molecule has 2 rings (SSSR count).